The Bertz CT molecular complexity index is 909. The molecule has 0 amide bonds. The summed E-state index contributed by atoms with van der Waals surface area (Å²) < 4.78 is 10.8. The van der Waals surface area contributed by atoms with Crippen LogP contribution >= 0.6 is 11.8 Å². The van der Waals surface area contributed by atoms with Crippen LogP contribution in [0.1, 0.15) is 63.7 Å². The van der Waals surface area contributed by atoms with Crippen molar-refractivity contribution in [2.24, 2.45) is 0 Å². The van der Waals surface area contributed by atoms with Gasteiger partial charge in [-0.25, -0.2) is 0 Å². The number of hydrogen-bond acceptors (Lipinski definition) is 4. The monoisotopic (exact) mass is 382 g/mol. The molecule has 0 saturated heterocycles. The first kappa shape index (κ1) is 19.6. The van der Waals surface area contributed by atoms with Crippen LogP contribution in [0.15, 0.2) is 39.6 Å². The smallest absolute Gasteiger partial charge is 0.313 e. The van der Waals surface area contributed by atoms with Crippen LogP contribution in [0.2, 0.25) is 0 Å². The van der Waals surface area contributed by atoms with Crippen LogP contribution in [0, 0.1) is 11.8 Å². The van der Waals surface area contributed by atoms with E-state index in [0.29, 0.717) is 18.1 Å². The summed E-state index contributed by atoms with van der Waals surface area (Å²) in [6.07, 6.45) is 1.26. The molecule has 3 nitrogen and oxygen atoms in total. The first-order valence-corrected chi connectivity index (χ1v) is 10.1. The van der Waals surface area contributed by atoms with Gasteiger partial charge in [0.05, 0.1) is 6.61 Å². The van der Waals surface area contributed by atoms with Crippen LogP contribution in [0.25, 0.3) is 0 Å². The number of rotatable bonds is 3. The highest BCUT2D eigenvalue weighted by molar-refractivity contribution is 8.00. The van der Waals surface area contributed by atoms with E-state index in [1.54, 1.807) is 19.1 Å². The number of benzene rings is 1. The third-order valence-corrected chi connectivity index (χ3v) is 5.85. The van der Waals surface area contributed by atoms with Gasteiger partial charge in [-0.15, -0.1) is 11.8 Å². The van der Waals surface area contributed by atoms with Crippen molar-refractivity contribution < 1.29 is 13.9 Å². The summed E-state index contributed by atoms with van der Waals surface area (Å²) in [6, 6.07) is 10.0. The fourth-order valence-electron chi connectivity index (χ4n) is 3.75. The molecule has 0 spiro atoms. The lowest BCUT2D eigenvalue weighted by atomic mass is 9.76. The number of ether oxygens (including phenoxy) is 1. The maximum Gasteiger partial charge on any atom is 0.313 e. The first-order valence-electron chi connectivity index (χ1n) is 9.28. The van der Waals surface area contributed by atoms with E-state index in [-0.39, 0.29) is 22.6 Å². The van der Waals surface area contributed by atoms with E-state index in [2.05, 4.69) is 57.7 Å². The average molecular weight is 383 g/mol. The second kappa shape index (κ2) is 7.48. The largest absolute Gasteiger partial charge is 0.466 e. The molecule has 0 radical (unpaired) electrons. The molecule has 1 aliphatic rings. The molecule has 0 bridgehead atoms. The topological polar surface area (TPSA) is 39.4 Å². The summed E-state index contributed by atoms with van der Waals surface area (Å²) in [7, 11) is 0. The van der Waals surface area contributed by atoms with Gasteiger partial charge in [-0.3, -0.25) is 4.79 Å². The van der Waals surface area contributed by atoms with E-state index in [4.69, 9.17) is 9.15 Å². The number of esters is 1. The van der Waals surface area contributed by atoms with Crippen molar-refractivity contribution in [3.8, 4) is 11.8 Å². The van der Waals surface area contributed by atoms with Gasteiger partial charge in [-0.2, -0.15) is 0 Å². The summed E-state index contributed by atoms with van der Waals surface area (Å²) in [6.45, 7) is 11.4. The van der Waals surface area contributed by atoms with Crippen molar-refractivity contribution >= 4 is 17.7 Å². The highest BCUT2D eigenvalue weighted by Crippen LogP contribution is 2.50. The number of carbonyl (C=O) groups excluding carboxylic acids is 1. The molecule has 27 heavy (non-hydrogen) atoms. The van der Waals surface area contributed by atoms with Crippen molar-refractivity contribution in [3.05, 3.63) is 53.0 Å². The molecule has 2 heterocycles. The zero-order valence-corrected chi connectivity index (χ0v) is 17.5. The summed E-state index contributed by atoms with van der Waals surface area (Å²) >= 11 is 1.94. The number of fused-ring (bicyclic) bond motifs is 1. The van der Waals surface area contributed by atoms with Crippen LogP contribution in [0.3, 0.4) is 0 Å². The molecule has 1 aromatic heterocycles. The minimum atomic E-state index is -0.288. The van der Waals surface area contributed by atoms with Crippen molar-refractivity contribution in [2.75, 3.05) is 6.61 Å². The van der Waals surface area contributed by atoms with Gasteiger partial charge in [0.15, 0.2) is 5.76 Å². The highest BCUT2D eigenvalue weighted by atomic mass is 32.2. The van der Waals surface area contributed by atoms with Gasteiger partial charge in [0.25, 0.3) is 0 Å². The molecular weight excluding hydrogens is 356 g/mol. The van der Waals surface area contributed by atoms with Crippen molar-refractivity contribution in [1.29, 1.82) is 0 Å². The number of furan rings is 1. The summed E-state index contributed by atoms with van der Waals surface area (Å²) in [4.78, 5) is 12.9. The fourth-order valence-corrected chi connectivity index (χ4v) is 5.36. The molecule has 0 unspecified atom stereocenters. The Morgan fingerprint density at radius 2 is 1.96 bits per heavy atom. The second-order valence-electron chi connectivity index (χ2n) is 8.13. The van der Waals surface area contributed by atoms with E-state index >= 15 is 0 Å². The van der Waals surface area contributed by atoms with Crippen molar-refractivity contribution in [3.63, 3.8) is 0 Å². The maximum absolute atomic E-state index is 11.5. The molecule has 0 saturated carbocycles. The summed E-state index contributed by atoms with van der Waals surface area (Å²) in [5, 5.41) is 0. The molecular formula is C23H26O3S. The van der Waals surface area contributed by atoms with Gasteiger partial charge in [0, 0.05) is 15.2 Å². The minimum absolute atomic E-state index is 0.124. The predicted molar refractivity (Wildman–Crippen MR) is 109 cm³/mol. The molecule has 0 fully saturated rings. The lowest BCUT2D eigenvalue weighted by Crippen LogP contribution is -2.33. The Hall–Kier alpha value is -2.12. The van der Waals surface area contributed by atoms with Gasteiger partial charge in [0.2, 0.25) is 0 Å². The van der Waals surface area contributed by atoms with E-state index in [9.17, 15) is 4.79 Å². The number of carbonyl (C=O) groups is 1. The zero-order valence-electron chi connectivity index (χ0n) is 16.6. The zero-order chi connectivity index (χ0) is 19.7. The van der Waals surface area contributed by atoms with Gasteiger partial charge in [-0.05, 0) is 60.6 Å². The fraction of sp³-hybridized carbons (Fsp3) is 0.435. The van der Waals surface area contributed by atoms with Gasteiger partial charge in [-0.1, -0.05) is 33.6 Å². The molecule has 0 N–H and O–H groups in total. The van der Waals surface area contributed by atoms with E-state index in [1.807, 2.05) is 11.8 Å². The Kier molecular flexibility index (Phi) is 5.44. The standard InChI is InChI=1S/C23H26O3S/c1-6-25-21(24)14-18-11-10-17(26-18)9-7-16-8-12-20-19(13-16)22(2,3)15-23(4,5)27-20/h8,10-13H,6,14-15H2,1-5H3. The van der Waals surface area contributed by atoms with Crippen LogP contribution in [0.5, 0.6) is 0 Å². The maximum atomic E-state index is 11.5. The van der Waals surface area contributed by atoms with Crippen LogP contribution in [-0.2, 0) is 21.4 Å². The SMILES string of the molecule is CCOC(=O)Cc1ccc(C#Cc2ccc3c(c2)C(C)(C)CC(C)(C)S3)o1. The molecule has 1 aliphatic heterocycles. The number of hydrogen-bond donors (Lipinski definition) is 0. The van der Waals surface area contributed by atoms with Gasteiger partial charge < -0.3 is 9.15 Å². The lowest BCUT2D eigenvalue weighted by molar-refractivity contribution is -0.142. The molecule has 0 aliphatic carbocycles. The van der Waals surface area contributed by atoms with Crippen LogP contribution in [0.4, 0.5) is 0 Å². The van der Waals surface area contributed by atoms with Crippen LogP contribution < -0.4 is 0 Å². The van der Waals surface area contributed by atoms with Gasteiger partial charge >= 0.3 is 5.97 Å². The molecule has 2 aromatic rings. The van der Waals surface area contributed by atoms with Gasteiger partial charge in [0.1, 0.15) is 12.2 Å². The summed E-state index contributed by atoms with van der Waals surface area (Å²) in [5.41, 5.74) is 2.46. The van der Waals surface area contributed by atoms with Crippen molar-refractivity contribution in [2.45, 2.75) is 62.5 Å². The highest BCUT2D eigenvalue weighted by Gasteiger charge is 2.37. The Balaban J connectivity index is 1.79. The normalized spacial score (nSPS) is 16.8. The lowest BCUT2D eigenvalue weighted by Gasteiger charge is -2.41. The third-order valence-electron chi connectivity index (χ3n) is 4.58. The average Bonchev–Trinajstić information content (AvgIpc) is 2.99. The van der Waals surface area contributed by atoms with E-state index in [0.717, 1.165) is 12.0 Å². The second-order valence-corrected chi connectivity index (χ2v) is 9.88. The molecule has 0 atom stereocenters. The van der Waals surface area contributed by atoms with E-state index in [1.165, 1.54) is 10.5 Å². The van der Waals surface area contributed by atoms with Crippen LogP contribution in [-0.4, -0.2) is 17.3 Å². The summed E-state index contributed by atoms with van der Waals surface area (Å²) in [5.74, 6) is 7.09. The Labute approximate surface area is 165 Å². The quantitative estimate of drug-likeness (QED) is 0.531. The molecule has 142 valence electrons. The molecule has 1 aromatic carbocycles. The molecule has 4 heteroatoms. The molecule has 3 rings (SSSR count). The van der Waals surface area contributed by atoms with E-state index < -0.39 is 0 Å². The minimum Gasteiger partial charge on any atom is -0.466 e. The number of thioether (sulfide) groups is 1. The third kappa shape index (κ3) is 4.78. The Morgan fingerprint density at radius 3 is 2.70 bits per heavy atom. The predicted octanol–water partition coefficient (Wildman–Crippen LogP) is 5.34. The first-order chi connectivity index (χ1) is 12.7. The Morgan fingerprint density at radius 1 is 1.19 bits per heavy atom. The van der Waals surface area contributed by atoms with Crippen molar-refractivity contribution in [1.82, 2.24) is 0 Å².